The number of hydrogen-bond donors (Lipinski definition) is 0. The van der Waals surface area contributed by atoms with E-state index in [4.69, 9.17) is 4.98 Å². The third-order valence-electron chi connectivity index (χ3n) is 4.86. The van der Waals surface area contributed by atoms with Crippen LogP contribution in [-0.2, 0) is 13.1 Å². The van der Waals surface area contributed by atoms with Gasteiger partial charge in [0.15, 0.2) is 0 Å². The maximum absolute atomic E-state index is 13.1. The molecular weight excluding hydrogens is 318 g/mol. The predicted octanol–water partition coefficient (Wildman–Crippen LogP) is 4.50. The number of aromatic nitrogens is 2. The van der Waals surface area contributed by atoms with Crippen LogP contribution in [0.4, 0.5) is 0 Å². The van der Waals surface area contributed by atoms with Crippen LogP contribution in [0.1, 0.15) is 62.7 Å². The summed E-state index contributed by atoms with van der Waals surface area (Å²) in [7, 11) is 0. The lowest BCUT2D eigenvalue weighted by atomic mass is 10.2. The van der Waals surface area contributed by atoms with Gasteiger partial charge in [0, 0.05) is 11.4 Å². The van der Waals surface area contributed by atoms with Crippen LogP contribution in [-0.4, -0.2) is 27.5 Å². The first-order chi connectivity index (χ1) is 11.5. The number of fused-ring (bicyclic) bond motifs is 1. The van der Waals surface area contributed by atoms with Crippen molar-refractivity contribution < 1.29 is 0 Å². The highest BCUT2D eigenvalue weighted by atomic mass is 32.1. The van der Waals surface area contributed by atoms with Gasteiger partial charge in [-0.05, 0) is 38.9 Å². The molecule has 2 aromatic heterocycles. The average molecular weight is 350 g/mol. The molecule has 0 saturated carbocycles. The van der Waals surface area contributed by atoms with Gasteiger partial charge in [-0.2, -0.15) is 0 Å². The molecule has 2 aromatic rings. The summed E-state index contributed by atoms with van der Waals surface area (Å²) in [5, 5.41) is 0.830. The molecule has 0 radical (unpaired) electrons. The van der Waals surface area contributed by atoms with Gasteiger partial charge in [-0.1, -0.05) is 40.0 Å². The van der Waals surface area contributed by atoms with E-state index in [2.05, 4.69) is 32.6 Å². The van der Waals surface area contributed by atoms with Crippen molar-refractivity contribution in [3.63, 3.8) is 0 Å². The lowest BCUT2D eigenvalue weighted by Gasteiger charge is -2.20. The smallest absolute Gasteiger partial charge is 0.262 e. The number of thiophene rings is 1. The molecule has 0 bridgehead atoms. The van der Waals surface area contributed by atoms with E-state index < -0.39 is 0 Å². The van der Waals surface area contributed by atoms with Crippen LogP contribution >= 0.6 is 11.3 Å². The first kappa shape index (κ1) is 19.1. The van der Waals surface area contributed by atoms with Gasteiger partial charge in [-0.15, -0.1) is 11.3 Å². The van der Waals surface area contributed by atoms with Crippen molar-refractivity contribution in [2.75, 3.05) is 13.1 Å². The number of hydrogen-bond acceptors (Lipinski definition) is 4. The highest BCUT2D eigenvalue weighted by Crippen LogP contribution is 2.26. The third kappa shape index (κ3) is 4.06. The molecule has 2 rings (SSSR count). The Morgan fingerprint density at radius 1 is 1.08 bits per heavy atom. The molecule has 0 spiro atoms. The summed E-state index contributed by atoms with van der Waals surface area (Å²) in [5.74, 6) is 0.925. The van der Waals surface area contributed by atoms with E-state index in [1.165, 1.54) is 24.1 Å². The molecule has 134 valence electrons. The van der Waals surface area contributed by atoms with Crippen LogP contribution in [0.5, 0.6) is 0 Å². The normalized spacial score (nSPS) is 11.8. The molecule has 0 aliphatic rings. The first-order valence-corrected chi connectivity index (χ1v) is 10.1. The van der Waals surface area contributed by atoms with Gasteiger partial charge in [0.1, 0.15) is 10.7 Å². The summed E-state index contributed by atoms with van der Waals surface area (Å²) in [6.07, 6.45) is 4.66. The zero-order valence-electron chi connectivity index (χ0n) is 15.8. The fourth-order valence-electron chi connectivity index (χ4n) is 3.06. The molecule has 5 heteroatoms. The van der Waals surface area contributed by atoms with Crippen molar-refractivity contribution in [1.82, 2.24) is 14.5 Å². The van der Waals surface area contributed by atoms with E-state index in [-0.39, 0.29) is 5.56 Å². The van der Waals surface area contributed by atoms with E-state index in [0.717, 1.165) is 54.2 Å². The van der Waals surface area contributed by atoms with Gasteiger partial charge in [0.25, 0.3) is 5.56 Å². The maximum atomic E-state index is 13.1. The zero-order valence-corrected chi connectivity index (χ0v) is 16.6. The van der Waals surface area contributed by atoms with Crippen molar-refractivity contribution >= 4 is 21.6 Å². The average Bonchev–Trinajstić information content (AvgIpc) is 2.85. The SMILES string of the molecule is CCCCCCn1c(CN(CC)CC)nc2sc(C)c(C)c2c1=O. The highest BCUT2D eigenvalue weighted by molar-refractivity contribution is 7.18. The molecule has 0 fully saturated rings. The van der Waals surface area contributed by atoms with Crippen LogP contribution in [0.3, 0.4) is 0 Å². The second-order valence-electron chi connectivity index (χ2n) is 6.47. The predicted molar refractivity (Wildman–Crippen MR) is 104 cm³/mol. The van der Waals surface area contributed by atoms with Crippen molar-refractivity contribution in [2.45, 2.75) is 73.4 Å². The molecule has 4 nitrogen and oxygen atoms in total. The quantitative estimate of drug-likeness (QED) is 0.626. The number of aryl methyl sites for hydroxylation is 2. The summed E-state index contributed by atoms with van der Waals surface area (Å²) in [6.45, 7) is 14.1. The van der Waals surface area contributed by atoms with Crippen molar-refractivity contribution in [3.05, 3.63) is 26.6 Å². The van der Waals surface area contributed by atoms with E-state index in [1.807, 2.05) is 11.5 Å². The van der Waals surface area contributed by atoms with Gasteiger partial charge in [-0.3, -0.25) is 14.3 Å². The van der Waals surface area contributed by atoms with E-state index >= 15 is 0 Å². The minimum Gasteiger partial charge on any atom is -0.297 e. The Kier molecular flexibility index (Phi) is 6.99. The van der Waals surface area contributed by atoms with Crippen LogP contribution in [0.15, 0.2) is 4.79 Å². The van der Waals surface area contributed by atoms with Crippen molar-refractivity contribution in [3.8, 4) is 0 Å². The van der Waals surface area contributed by atoms with E-state index in [0.29, 0.717) is 0 Å². The molecule has 0 N–H and O–H groups in total. The Labute approximate surface area is 149 Å². The molecule has 24 heavy (non-hydrogen) atoms. The van der Waals surface area contributed by atoms with Crippen LogP contribution in [0.2, 0.25) is 0 Å². The van der Waals surface area contributed by atoms with Gasteiger partial charge in [0.2, 0.25) is 0 Å². The summed E-state index contributed by atoms with van der Waals surface area (Å²) in [6, 6.07) is 0. The van der Waals surface area contributed by atoms with Gasteiger partial charge >= 0.3 is 0 Å². The van der Waals surface area contributed by atoms with E-state index in [1.54, 1.807) is 11.3 Å². The molecule has 0 aliphatic heterocycles. The summed E-state index contributed by atoms with van der Waals surface area (Å²) >= 11 is 1.65. The summed E-state index contributed by atoms with van der Waals surface area (Å²) in [4.78, 5) is 22.4. The van der Waals surface area contributed by atoms with E-state index in [9.17, 15) is 4.79 Å². The number of unbranched alkanes of at least 4 members (excludes halogenated alkanes) is 3. The molecule has 0 atom stereocenters. The summed E-state index contributed by atoms with van der Waals surface area (Å²) < 4.78 is 1.94. The van der Waals surface area contributed by atoms with Crippen LogP contribution in [0, 0.1) is 13.8 Å². The van der Waals surface area contributed by atoms with Gasteiger partial charge in [-0.25, -0.2) is 4.98 Å². The second-order valence-corrected chi connectivity index (χ2v) is 7.67. The monoisotopic (exact) mass is 349 g/mol. The number of nitrogens with zero attached hydrogens (tertiary/aromatic N) is 3. The van der Waals surface area contributed by atoms with Crippen molar-refractivity contribution in [1.29, 1.82) is 0 Å². The van der Waals surface area contributed by atoms with Crippen LogP contribution in [0.25, 0.3) is 10.2 Å². The fraction of sp³-hybridized carbons (Fsp3) is 0.684. The molecule has 0 aromatic carbocycles. The molecule has 0 aliphatic carbocycles. The highest BCUT2D eigenvalue weighted by Gasteiger charge is 2.17. The van der Waals surface area contributed by atoms with Crippen molar-refractivity contribution in [2.24, 2.45) is 0 Å². The van der Waals surface area contributed by atoms with Gasteiger partial charge in [0.05, 0.1) is 11.9 Å². The Hall–Kier alpha value is -1.20. The Balaban J connectivity index is 2.45. The van der Waals surface area contributed by atoms with Gasteiger partial charge < -0.3 is 0 Å². The van der Waals surface area contributed by atoms with Crippen LogP contribution < -0.4 is 5.56 Å². The standard InChI is InChI=1S/C19H31N3OS/c1-6-9-10-11-12-22-16(13-21(7-2)8-3)20-18-17(19(22)23)14(4)15(5)24-18/h6-13H2,1-5H3. The topological polar surface area (TPSA) is 38.1 Å². The number of rotatable bonds is 9. The summed E-state index contributed by atoms with van der Waals surface area (Å²) in [5.41, 5.74) is 1.25. The minimum atomic E-state index is 0.153. The molecular formula is C19H31N3OS. The third-order valence-corrected chi connectivity index (χ3v) is 5.96. The first-order valence-electron chi connectivity index (χ1n) is 9.25. The maximum Gasteiger partial charge on any atom is 0.262 e. The zero-order chi connectivity index (χ0) is 17.7. The largest absolute Gasteiger partial charge is 0.297 e. The lowest BCUT2D eigenvalue weighted by Crippen LogP contribution is -2.31. The Morgan fingerprint density at radius 2 is 1.79 bits per heavy atom. The molecule has 2 heterocycles. The molecule has 0 unspecified atom stereocenters. The Bertz CT molecular complexity index is 728. The fourth-order valence-corrected chi connectivity index (χ4v) is 4.10. The lowest BCUT2D eigenvalue weighted by molar-refractivity contribution is 0.281. The molecule has 0 amide bonds. The Morgan fingerprint density at radius 3 is 2.42 bits per heavy atom. The molecule has 0 saturated heterocycles. The second kappa shape index (κ2) is 8.77. The minimum absolute atomic E-state index is 0.153.